The molecule has 6 nitrogen and oxygen atoms in total. The van der Waals surface area contributed by atoms with Crippen molar-refractivity contribution in [2.24, 2.45) is 0 Å². The lowest BCUT2D eigenvalue weighted by atomic mass is 9.77. The number of rotatable bonds is 17. The SMILES string of the molecule is CCCCCCCCN1/C(=C/C2=C([O-])C(=C/C3=[N+](CCCCCCCC)c4ccc(C(=O)O)cc4C3(C)C)/C2=O)C(C)(C)c2cc(I)ccc21. The largest absolute Gasteiger partial charge is 0.871 e. The predicted molar refractivity (Wildman–Crippen MR) is 211 cm³/mol. The first-order valence-corrected chi connectivity index (χ1v) is 19.9. The minimum Gasteiger partial charge on any atom is -0.871 e. The fourth-order valence-electron chi connectivity index (χ4n) is 7.93. The zero-order chi connectivity index (χ0) is 36.2. The van der Waals surface area contributed by atoms with Crippen LogP contribution in [0.3, 0.4) is 0 Å². The summed E-state index contributed by atoms with van der Waals surface area (Å²) in [5.41, 5.74) is 5.90. The van der Waals surface area contributed by atoms with Crippen molar-refractivity contribution >= 4 is 51.4 Å². The Bertz CT molecular complexity index is 1760. The number of carboxylic acids is 1. The number of carbonyl (C=O) groups excluding carboxylic acids is 1. The van der Waals surface area contributed by atoms with Crippen molar-refractivity contribution in [2.45, 2.75) is 129 Å². The first kappa shape index (κ1) is 38.0. The summed E-state index contributed by atoms with van der Waals surface area (Å²) in [6.45, 7) is 14.6. The summed E-state index contributed by atoms with van der Waals surface area (Å²) in [6, 6.07) is 11.8. The molecule has 2 aliphatic heterocycles. The van der Waals surface area contributed by atoms with Crippen LogP contribution in [0.2, 0.25) is 0 Å². The molecule has 3 aliphatic rings. The summed E-state index contributed by atoms with van der Waals surface area (Å²) in [5.74, 6) is -1.39. The van der Waals surface area contributed by atoms with E-state index in [9.17, 15) is 19.8 Å². The maximum Gasteiger partial charge on any atom is 0.335 e. The first-order valence-electron chi connectivity index (χ1n) is 18.8. The van der Waals surface area contributed by atoms with E-state index >= 15 is 0 Å². The van der Waals surface area contributed by atoms with Crippen molar-refractivity contribution in [3.63, 3.8) is 0 Å². The predicted octanol–water partition coefficient (Wildman–Crippen LogP) is 9.89. The standard InChI is InChI=1S/C43H55IN2O4/c1-7-9-11-13-15-17-23-45-35-21-19-29(41(49)50)25-33(35)42(3,4)37(45)27-31-39(47)32(40(31)48)28-38-43(5,6)34-26-30(44)20-22-36(34)46(38)24-18-16-14-12-10-8-2/h19-22,25-28H,7-18,23-24H2,1-6H3,(H-,47,48,49,50). The molecule has 1 N–H and O–H groups in total. The van der Waals surface area contributed by atoms with E-state index in [1.807, 2.05) is 12.1 Å². The molecule has 0 radical (unpaired) electrons. The van der Waals surface area contributed by atoms with Gasteiger partial charge in [0.1, 0.15) is 6.54 Å². The lowest BCUT2D eigenvalue weighted by Crippen LogP contribution is -2.35. The molecule has 5 rings (SSSR count). The molecule has 7 heteroatoms. The number of anilines is 1. The van der Waals surface area contributed by atoms with Crippen molar-refractivity contribution < 1.29 is 24.4 Å². The molecule has 50 heavy (non-hydrogen) atoms. The van der Waals surface area contributed by atoms with Gasteiger partial charge in [-0.25, -0.2) is 4.79 Å². The zero-order valence-electron chi connectivity index (χ0n) is 31.0. The number of carboxylic acid groups (broad SMARTS) is 1. The number of allylic oxidation sites excluding steroid dienone is 5. The molecule has 1 aliphatic carbocycles. The van der Waals surface area contributed by atoms with Crippen LogP contribution in [0, 0.1) is 3.57 Å². The van der Waals surface area contributed by atoms with Crippen molar-refractivity contribution in [3.05, 3.63) is 91.4 Å². The Balaban J connectivity index is 1.49. The topological polar surface area (TPSA) is 83.7 Å². The molecule has 0 atom stereocenters. The van der Waals surface area contributed by atoms with Gasteiger partial charge >= 0.3 is 5.97 Å². The number of benzene rings is 2. The van der Waals surface area contributed by atoms with Gasteiger partial charge in [0.05, 0.1) is 11.0 Å². The van der Waals surface area contributed by atoms with Crippen LogP contribution in [-0.2, 0) is 15.6 Å². The van der Waals surface area contributed by atoms with Gasteiger partial charge in [-0.15, -0.1) is 0 Å². The van der Waals surface area contributed by atoms with E-state index in [1.54, 1.807) is 18.2 Å². The zero-order valence-corrected chi connectivity index (χ0v) is 33.1. The van der Waals surface area contributed by atoms with Crippen molar-refractivity contribution in [1.82, 2.24) is 0 Å². The lowest BCUT2D eigenvalue weighted by molar-refractivity contribution is -0.438. The third kappa shape index (κ3) is 7.54. The third-order valence-electron chi connectivity index (χ3n) is 11.0. The van der Waals surface area contributed by atoms with Crippen LogP contribution < -0.4 is 10.0 Å². The molecule has 0 aromatic heterocycles. The van der Waals surface area contributed by atoms with Gasteiger partial charge in [-0.05, 0) is 91.3 Å². The second-order valence-corrected chi connectivity index (χ2v) is 16.6. The summed E-state index contributed by atoms with van der Waals surface area (Å²) in [7, 11) is 0. The van der Waals surface area contributed by atoms with E-state index < -0.39 is 11.4 Å². The molecule has 0 saturated heterocycles. The van der Waals surface area contributed by atoms with E-state index in [0.717, 1.165) is 67.1 Å². The number of fused-ring (bicyclic) bond motifs is 2. The number of unbranched alkanes of at least 4 members (excludes halogenated alkanes) is 10. The third-order valence-corrected chi connectivity index (χ3v) is 11.7. The van der Waals surface area contributed by atoms with E-state index in [0.29, 0.717) is 0 Å². The monoisotopic (exact) mass is 790 g/mol. The Morgan fingerprint density at radius 1 is 0.840 bits per heavy atom. The Morgan fingerprint density at radius 2 is 1.48 bits per heavy atom. The smallest absolute Gasteiger partial charge is 0.335 e. The number of halogens is 1. The Labute approximate surface area is 313 Å². The van der Waals surface area contributed by atoms with E-state index in [1.165, 1.54) is 60.5 Å². The van der Waals surface area contributed by atoms with Gasteiger partial charge in [-0.3, -0.25) is 4.79 Å². The summed E-state index contributed by atoms with van der Waals surface area (Å²) in [4.78, 5) is 28.2. The minimum absolute atomic E-state index is 0.212. The summed E-state index contributed by atoms with van der Waals surface area (Å²) >= 11 is 2.36. The number of ketones is 1. The molecule has 2 heterocycles. The van der Waals surface area contributed by atoms with Crippen LogP contribution in [0.4, 0.5) is 11.4 Å². The molecule has 0 saturated carbocycles. The number of carbonyl (C=O) groups is 2. The highest BCUT2D eigenvalue weighted by Crippen LogP contribution is 2.50. The highest BCUT2D eigenvalue weighted by atomic mass is 127. The molecule has 0 bridgehead atoms. The molecule has 0 unspecified atom stereocenters. The molecular formula is C43H55IN2O4. The molecule has 2 aromatic rings. The normalized spacial score (nSPS) is 19.1. The van der Waals surface area contributed by atoms with Crippen LogP contribution in [0.25, 0.3) is 0 Å². The van der Waals surface area contributed by atoms with Gasteiger partial charge in [0, 0.05) is 62.2 Å². The van der Waals surface area contributed by atoms with Crippen molar-refractivity contribution in [3.8, 4) is 0 Å². The summed E-state index contributed by atoms with van der Waals surface area (Å²) < 4.78 is 3.38. The van der Waals surface area contributed by atoms with Crippen LogP contribution in [-0.4, -0.2) is 40.2 Å². The number of hydrogen-bond acceptors (Lipinski definition) is 4. The summed E-state index contributed by atoms with van der Waals surface area (Å²) in [6.07, 6.45) is 17.7. The summed E-state index contributed by atoms with van der Waals surface area (Å²) in [5, 5.41) is 23.7. The van der Waals surface area contributed by atoms with Gasteiger partial charge in [-0.2, -0.15) is 4.58 Å². The molecule has 0 fully saturated rings. The Hall–Kier alpha value is -3.20. The average molecular weight is 791 g/mol. The second kappa shape index (κ2) is 16.0. The number of Topliss-reactive ketones (excluding diaryl/α,β-unsaturated/α-hetero) is 1. The fourth-order valence-corrected chi connectivity index (χ4v) is 8.42. The molecule has 2 aromatic carbocycles. The van der Waals surface area contributed by atoms with E-state index in [-0.39, 0.29) is 33.7 Å². The van der Waals surface area contributed by atoms with Crippen molar-refractivity contribution in [2.75, 3.05) is 18.0 Å². The lowest BCUT2D eigenvalue weighted by Gasteiger charge is -2.33. The number of nitrogens with zero attached hydrogens (tertiary/aromatic N) is 2. The first-order chi connectivity index (χ1) is 23.8. The van der Waals surface area contributed by atoms with Gasteiger partial charge in [0.2, 0.25) is 5.69 Å². The molecule has 0 amide bonds. The van der Waals surface area contributed by atoms with Gasteiger partial charge < -0.3 is 15.1 Å². The van der Waals surface area contributed by atoms with Gasteiger partial charge in [0.25, 0.3) is 0 Å². The molecule has 0 spiro atoms. The maximum absolute atomic E-state index is 13.9. The average Bonchev–Trinajstić information content (AvgIpc) is 3.42. The Kier molecular flexibility index (Phi) is 12.2. The molecule has 268 valence electrons. The highest BCUT2D eigenvalue weighted by molar-refractivity contribution is 14.1. The second-order valence-electron chi connectivity index (χ2n) is 15.3. The van der Waals surface area contributed by atoms with Gasteiger partial charge in [-0.1, -0.05) is 91.2 Å². The van der Waals surface area contributed by atoms with Crippen molar-refractivity contribution in [1.29, 1.82) is 0 Å². The van der Waals surface area contributed by atoms with Crippen LogP contribution >= 0.6 is 22.6 Å². The quantitative estimate of drug-likeness (QED) is 0.0747. The maximum atomic E-state index is 13.9. The van der Waals surface area contributed by atoms with Crippen LogP contribution in [0.15, 0.2) is 71.2 Å². The van der Waals surface area contributed by atoms with Crippen LogP contribution in [0.1, 0.15) is 140 Å². The van der Waals surface area contributed by atoms with E-state index in [4.69, 9.17) is 0 Å². The Morgan fingerprint density at radius 3 is 2.12 bits per heavy atom. The number of aromatic carboxylic acids is 1. The highest BCUT2D eigenvalue weighted by Gasteiger charge is 2.46. The van der Waals surface area contributed by atoms with Crippen LogP contribution in [0.5, 0.6) is 0 Å². The van der Waals surface area contributed by atoms with E-state index in [2.05, 4.69) is 91.8 Å². The number of hydrogen-bond donors (Lipinski definition) is 1. The fraction of sp³-hybridized carbons (Fsp3) is 0.512. The van der Waals surface area contributed by atoms with Gasteiger partial charge in [0.15, 0.2) is 11.5 Å². The molecular weight excluding hydrogens is 735 g/mol. The minimum atomic E-state index is -0.966.